The molecule has 0 saturated carbocycles. The van der Waals surface area contributed by atoms with E-state index >= 15 is 0 Å². The molecule has 0 radical (unpaired) electrons. The van der Waals surface area contributed by atoms with Gasteiger partial charge in [-0.3, -0.25) is 9.13 Å². The van der Waals surface area contributed by atoms with Gasteiger partial charge in [-0.25, -0.2) is 9.97 Å². The lowest BCUT2D eigenvalue weighted by molar-refractivity contribution is 1.10. The smallest absolute Gasteiger partial charge is 0.145 e. The number of para-hydroxylation sites is 5. The third kappa shape index (κ3) is 4.79. The van der Waals surface area contributed by atoms with Gasteiger partial charge in [0.2, 0.25) is 0 Å². The van der Waals surface area contributed by atoms with E-state index in [1.807, 2.05) is 24.3 Å². The van der Waals surface area contributed by atoms with Gasteiger partial charge in [-0.2, -0.15) is 0 Å². The van der Waals surface area contributed by atoms with Crippen LogP contribution in [0.1, 0.15) is 0 Å². The van der Waals surface area contributed by atoms with Crippen molar-refractivity contribution in [1.29, 1.82) is 0 Å². The van der Waals surface area contributed by atoms with Gasteiger partial charge in [0, 0.05) is 22.4 Å². The van der Waals surface area contributed by atoms with Crippen molar-refractivity contribution in [1.82, 2.24) is 19.1 Å². The Labute approximate surface area is 278 Å². The van der Waals surface area contributed by atoms with E-state index in [4.69, 9.17) is 9.97 Å². The van der Waals surface area contributed by atoms with Crippen LogP contribution in [0.3, 0.4) is 0 Å². The molecule has 0 spiro atoms. The molecular formula is C44H30N4. The maximum atomic E-state index is 5.09. The first-order chi connectivity index (χ1) is 23.8. The molecule has 9 rings (SSSR count). The SMILES string of the molecule is c1ccc(-c2nc3ccccc3n2-c2ccc(-c3cccc(-c4ccccc4-n4c(-c5ccccc5)nc5ccccc54)c3)cc2)cc1. The number of rotatable bonds is 6. The zero-order chi connectivity index (χ0) is 31.9. The summed E-state index contributed by atoms with van der Waals surface area (Å²) in [6, 6.07) is 63.7. The van der Waals surface area contributed by atoms with E-state index in [0.29, 0.717) is 0 Å². The Morgan fingerprint density at radius 3 is 1.50 bits per heavy atom. The first-order valence-corrected chi connectivity index (χ1v) is 16.2. The minimum atomic E-state index is 0.929. The summed E-state index contributed by atoms with van der Waals surface area (Å²) in [5.41, 5.74) is 13.1. The highest BCUT2D eigenvalue weighted by atomic mass is 15.1. The van der Waals surface area contributed by atoms with Crippen LogP contribution >= 0.6 is 0 Å². The molecule has 0 fully saturated rings. The fourth-order valence-electron chi connectivity index (χ4n) is 6.70. The van der Waals surface area contributed by atoms with Crippen LogP contribution in [0.5, 0.6) is 0 Å². The Balaban J connectivity index is 1.13. The second-order valence-corrected chi connectivity index (χ2v) is 11.9. The van der Waals surface area contributed by atoms with E-state index in [2.05, 4.69) is 167 Å². The molecule has 7 aromatic carbocycles. The zero-order valence-corrected chi connectivity index (χ0v) is 26.1. The van der Waals surface area contributed by atoms with E-state index in [1.54, 1.807) is 0 Å². The fraction of sp³-hybridized carbons (Fsp3) is 0. The van der Waals surface area contributed by atoms with Gasteiger partial charge in [0.15, 0.2) is 0 Å². The van der Waals surface area contributed by atoms with Crippen LogP contribution in [0.2, 0.25) is 0 Å². The molecule has 9 aromatic rings. The molecule has 0 atom stereocenters. The molecule has 0 aliphatic carbocycles. The van der Waals surface area contributed by atoms with E-state index in [1.165, 1.54) is 0 Å². The standard InChI is InChI=1S/C44H30N4/c1-3-14-32(15-4-1)43-45-38-21-8-11-24-41(38)47(43)36-28-26-31(27-29-36)34-18-13-19-35(30-34)37-20-7-10-23-40(37)48-42-25-12-9-22-39(42)46-44(48)33-16-5-2-6-17-33/h1-30H. The van der Waals surface area contributed by atoms with Crippen molar-refractivity contribution in [3.63, 3.8) is 0 Å². The number of aromatic nitrogens is 4. The summed E-state index contributed by atoms with van der Waals surface area (Å²) in [4.78, 5) is 10.1. The number of benzene rings is 7. The summed E-state index contributed by atoms with van der Waals surface area (Å²) in [6.07, 6.45) is 0. The molecule has 4 heteroatoms. The molecule has 0 aliphatic rings. The lowest BCUT2D eigenvalue weighted by atomic mass is 9.97. The van der Waals surface area contributed by atoms with Crippen LogP contribution < -0.4 is 0 Å². The first-order valence-electron chi connectivity index (χ1n) is 16.2. The number of hydrogen-bond acceptors (Lipinski definition) is 2. The van der Waals surface area contributed by atoms with E-state index in [9.17, 15) is 0 Å². The van der Waals surface area contributed by atoms with Crippen LogP contribution in [0.4, 0.5) is 0 Å². The average molecular weight is 615 g/mol. The van der Waals surface area contributed by atoms with Crippen molar-refractivity contribution < 1.29 is 0 Å². The summed E-state index contributed by atoms with van der Waals surface area (Å²) >= 11 is 0. The van der Waals surface area contributed by atoms with Gasteiger partial charge in [0.25, 0.3) is 0 Å². The molecule has 2 aromatic heterocycles. The molecule has 0 N–H and O–H groups in total. The van der Waals surface area contributed by atoms with Crippen molar-refractivity contribution in [2.45, 2.75) is 0 Å². The highest BCUT2D eigenvalue weighted by molar-refractivity contribution is 5.88. The number of fused-ring (bicyclic) bond motifs is 2. The summed E-state index contributed by atoms with van der Waals surface area (Å²) in [5, 5.41) is 0. The predicted molar refractivity (Wildman–Crippen MR) is 197 cm³/mol. The van der Waals surface area contributed by atoms with E-state index in [-0.39, 0.29) is 0 Å². The van der Waals surface area contributed by atoms with Gasteiger partial charge in [0.1, 0.15) is 11.6 Å². The van der Waals surface area contributed by atoms with E-state index in [0.717, 1.165) is 78.5 Å². The topological polar surface area (TPSA) is 35.6 Å². The molecule has 0 bridgehead atoms. The largest absolute Gasteiger partial charge is 0.292 e. The second-order valence-electron chi connectivity index (χ2n) is 11.9. The predicted octanol–water partition coefficient (Wildman–Crippen LogP) is 11.0. The van der Waals surface area contributed by atoms with Gasteiger partial charge < -0.3 is 0 Å². The average Bonchev–Trinajstić information content (AvgIpc) is 3.75. The lowest BCUT2D eigenvalue weighted by Gasteiger charge is -2.16. The molecular weight excluding hydrogens is 585 g/mol. The molecule has 0 unspecified atom stereocenters. The molecule has 0 aliphatic heterocycles. The summed E-state index contributed by atoms with van der Waals surface area (Å²) < 4.78 is 4.54. The maximum Gasteiger partial charge on any atom is 0.145 e. The summed E-state index contributed by atoms with van der Waals surface area (Å²) in [5.74, 6) is 1.86. The van der Waals surface area contributed by atoms with Crippen LogP contribution in [0, 0.1) is 0 Å². The zero-order valence-electron chi connectivity index (χ0n) is 26.1. The van der Waals surface area contributed by atoms with Crippen LogP contribution in [0.15, 0.2) is 182 Å². The summed E-state index contributed by atoms with van der Waals surface area (Å²) in [7, 11) is 0. The molecule has 48 heavy (non-hydrogen) atoms. The fourth-order valence-corrected chi connectivity index (χ4v) is 6.70. The second kappa shape index (κ2) is 11.7. The van der Waals surface area contributed by atoms with Crippen molar-refractivity contribution in [3.8, 4) is 56.4 Å². The van der Waals surface area contributed by atoms with Crippen molar-refractivity contribution in [2.75, 3.05) is 0 Å². The monoisotopic (exact) mass is 614 g/mol. The molecule has 0 saturated heterocycles. The minimum absolute atomic E-state index is 0.929. The molecule has 0 amide bonds. The minimum Gasteiger partial charge on any atom is -0.292 e. The molecule has 4 nitrogen and oxygen atoms in total. The Morgan fingerprint density at radius 1 is 0.333 bits per heavy atom. The van der Waals surface area contributed by atoms with Crippen LogP contribution in [0.25, 0.3) is 78.5 Å². The van der Waals surface area contributed by atoms with Gasteiger partial charge in [-0.1, -0.05) is 133 Å². The Hall–Kier alpha value is -6.52. The number of hydrogen-bond donors (Lipinski definition) is 0. The van der Waals surface area contributed by atoms with Crippen LogP contribution in [-0.4, -0.2) is 19.1 Å². The Bertz CT molecular complexity index is 2540. The van der Waals surface area contributed by atoms with E-state index < -0.39 is 0 Å². The number of imidazole rings is 2. The van der Waals surface area contributed by atoms with Gasteiger partial charge in [0.05, 0.1) is 27.8 Å². The van der Waals surface area contributed by atoms with Crippen molar-refractivity contribution in [2.24, 2.45) is 0 Å². The van der Waals surface area contributed by atoms with Gasteiger partial charge >= 0.3 is 0 Å². The third-order valence-corrected chi connectivity index (χ3v) is 8.96. The van der Waals surface area contributed by atoms with Crippen LogP contribution in [-0.2, 0) is 0 Å². The normalized spacial score (nSPS) is 11.3. The Kier molecular flexibility index (Phi) is 6.76. The highest BCUT2D eigenvalue weighted by Crippen LogP contribution is 2.36. The molecule has 226 valence electrons. The quantitative estimate of drug-likeness (QED) is 0.187. The third-order valence-electron chi connectivity index (χ3n) is 8.96. The van der Waals surface area contributed by atoms with Crippen molar-refractivity contribution >= 4 is 22.1 Å². The number of nitrogens with zero attached hydrogens (tertiary/aromatic N) is 4. The van der Waals surface area contributed by atoms with Gasteiger partial charge in [-0.05, 0) is 65.2 Å². The lowest BCUT2D eigenvalue weighted by Crippen LogP contribution is -2.00. The van der Waals surface area contributed by atoms with Gasteiger partial charge in [-0.15, -0.1) is 0 Å². The first kappa shape index (κ1) is 27.8. The molecule has 2 heterocycles. The summed E-state index contributed by atoms with van der Waals surface area (Å²) in [6.45, 7) is 0. The highest BCUT2D eigenvalue weighted by Gasteiger charge is 2.18. The maximum absolute atomic E-state index is 5.09. The van der Waals surface area contributed by atoms with Crippen molar-refractivity contribution in [3.05, 3.63) is 182 Å². The Morgan fingerprint density at radius 2 is 0.833 bits per heavy atom.